The molecular weight excluding hydrogens is 152 g/mol. The molecule has 0 spiro atoms. The zero-order valence-corrected chi connectivity index (χ0v) is 6.69. The first-order valence-electron chi connectivity index (χ1n) is 3.17. The second kappa shape index (κ2) is 2.86. The summed E-state index contributed by atoms with van der Waals surface area (Å²) in [6, 6.07) is 0. The molecule has 1 saturated heterocycles. The molecule has 1 aliphatic rings. The molecule has 1 heterocycles. The molecule has 4 nitrogen and oxygen atoms in total. The summed E-state index contributed by atoms with van der Waals surface area (Å²) < 4.78 is 21.7. The fraction of sp³-hybridized carbons (Fsp3) is 1.00. The zero-order valence-electron chi connectivity index (χ0n) is 5.87. The molecule has 0 aromatic heterocycles. The van der Waals surface area contributed by atoms with E-state index in [-0.39, 0.29) is 0 Å². The van der Waals surface area contributed by atoms with Crippen LogP contribution < -0.4 is 10.6 Å². The van der Waals surface area contributed by atoms with Gasteiger partial charge in [0.05, 0.1) is 0 Å². The highest BCUT2D eigenvalue weighted by Crippen LogP contribution is 1.97. The molecule has 0 aromatic rings. The van der Waals surface area contributed by atoms with E-state index in [1.807, 2.05) is 0 Å². The Morgan fingerprint density at radius 3 is 2.60 bits per heavy atom. The van der Waals surface area contributed by atoms with Gasteiger partial charge in [-0.3, -0.25) is 0 Å². The smallest absolute Gasteiger partial charge is 0.166 e. The SMILES string of the molecule is CS(=O)(=O)C1CNCC[N]1. The first kappa shape index (κ1) is 7.97. The minimum absolute atomic E-state index is 0.471. The Morgan fingerprint density at radius 2 is 2.30 bits per heavy atom. The van der Waals surface area contributed by atoms with Crippen LogP contribution in [-0.4, -0.2) is 39.7 Å². The summed E-state index contributed by atoms with van der Waals surface area (Å²) in [4.78, 5) is 0. The molecule has 59 valence electrons. The second-order valence-electron chi connectivity index (χ2n) is 2.39. The van der Waals surface area contributed by atoms with E-state index in [2.05, 4.69) is 10.6 Å². The highest BCUT2D eigenvalue weighted by molar-refractivity contribution is 7.91. The number of nitrogens with one attached hydrogen (secondary N) is 1. The number of nitrogens with zero attached hydrogens (tertiary/aromatic N) is 1. The van der Waals surface area contributed by atoms with E-state index < -0.39 is 15.2 Å². The number of hydrogen-bond acceptors (Lipinski definition) is 3. The third-order valence-corrected chi connectivity index (χ3v) is 2.74. The summed E-state index contributed by atoms with van der Waals surface area (Å²) in [5, 5.41) is 6.41. The average molecular weight is 163 g/mol. The van der Waals surface area contributed by atoms with Gasteiger partial charge in [0, 0.05) is 25.9 Å². The summed E-state index contributed by atoms with van der Waals surface area (Å²) in [6.45, 7) is 1.88. The van der Waals surface area contributed by atoms with E-state index in [1.165, 1.54) is 6.26 Å². The van der Waals surface area contributed by atoms with Gasteiger partial charge in [-0.15, -0.1) is 0 Å². The lowest BCUT2D eigenvalue weighted by Crippen LogP contribution is -2.47. The van der Waals surface area contributed by atoms with Crippen LogP contribution in [0, 0.1) is 0 Å². The predicted molar refractivity (Wildman–Crippen MR) is 38.5 cm³/mol. The van der Waals surface area contributed by atoms with Crippen LogP contribution in [0.15, 0.2) is 0 Å². The average Bonchev–Trinajstić information content (AvgIpc) is 1.88. The first-order valence-corrected chi connectivity index (χ1v) is 5.12. The largest absolute Gasteiger partial charge is 0.313 e. The number of rotatable bonds is 1. The molecule has 1 aliphatic heterocycles. The molecule has 0 amide bonds. The summed E-state index contributed by atoms with van der Waals surface area (Å²) in [6.07, 6.45) is 1.22. The van der Waals surface area contributed by atoms with Crippen molar-refractivity contribution in [2.45, 2.75) is 5.37 Å². The summed E-state index contributed by atoms with van der Waals surface area (Å²) in [7, 11) is -2.96. The number of piperazine rings is 1. The van der Waals surface area contributed by atoms with Crippen LogP contribution in [0.4, 0.5) is 0 Å². The van der Waals surface area contributed by atoms with Gasteiger partial charge in [0.15, 0.2) is 9.84 Å². The van der Waals surface area contributed by atoms with Gasteiger partial charge in [0.25, 0.3) is 0 Å². The van der Waals surface area contributed by atoms with Gasteiger partial charge < -0.3 is 5.32 Å². The van der Waals surface area contributed by atoms with Crippen molar-refractivity contribution in [3.63, 3.8) is 0 Å². The van der Waals surface area contributed by atoms with Crippen LogP contribution in [0.25, 0.3) is 0 Å². The lowest BCUT2D eigenvalue weighted by molar-refractivity contribution is 0.470. The first-order chi connectivity index (χ1) is 4.61. The van der Waals surface area contributed by atoms with Crippen molar-refractivity contribution in [3.05, 3.63) is 0 Å². The molecule has 1 fully saturated rings. The molecule has 1 radical (unpaired) electrons. The fourth-order valence-corrected chi connectivity index (χ4v) is 1.66. The van der Waals surface area contributed by atoms with Crippen LogP contribution in [-0.2, 0) is 9.84 Å². The third kappa shape index (κ3) is 1.93. The van der Waals surface area contributed by atoms with Gasteiger partial charge in [-0.2, -0.15) is 0 Å². The lowest BCUT2D eigenvalue weighted by atomic mass is 10.4. The highest BCUT2D eigenvalue weighted by atomic mass is 32.2. The topological polar surface area (TPSA) is 60.3 Å². The van der Waals surface area contributed by atoms with E-state index in [1.54, 1.807) is 0 Å². The van der Waals surface area contributed by atoms with E-state index in [4.69, 9.17) is 0 Å². The van der Waals surface area contributed by atoms with Crippen molar-refractivity contribution >= 4 is 9.84 Å². The molecule has 0 aromatic carbocycles. The molecule has 0 bridgehead atoms. The van der Waals surface area contributed by atoms with Gasteiger partial charge >= 0.3 is 0 Å². The maximum absolute atomic E-state index is 10.9. The van der Waals surface area contributed by atoms with E-state index >= 15 is 0 Å². The molecule has 1 rings (SSSR count). The second-order valence-corrected chi connectivity index (χ2v) is 4.60. The van der Waals surface area contributed by atoms with Crippen molar-refractivity contribution in [2.75, 3.05) is 25.9 Å². The minimum atomic E-state index is -2.96. The Labute approximate surface area is 60.9 Å². The predicted octanol–water partition coefficient (Wildman–Crippen LogP) is -1.44. The van der Waals surface area contributed by atoms with Crippen molar-refractivity contribution in [1.29, 1.82) is 0 Å². The fourth-order valence-electron chi connectivity index (χ4n) is 0.864. The van der Waals surface area contributed by atoms with Gasteiger partial charge in [-0.1, -0.05) is 0 Å². The van der Waals surface area contributed by atoms with Crippen molar-refractivity contribution in [3.8, 4) is 0 Å². The minimum Gasteiger partial charge on any atom is -0.313 e. The standard InChI is InChI=1S/C5H11N2O2S/c1-10(8,9)5-4-6-2-3-7-5/h5-6H,2-4H2,1H3. The van der Waals surface area contributed by atoms with Gasteiger partial charge in [0.1, 0.15) is 5.37 Å². The van der Waals surface area contributed by atoms with E-state index in [0.717, 1.165) is 6.54 Å². The molecule has 5 heteroatoms. The molecule has 0 saturated carbocycles. The maximum atomic E-state index is 10.9. The van der Waals surface area contributed by atoms with E-state index in [0.29, 0.717) is 13.1 Å². The maximum Gasteiger partial charge on any atom is 0.166 e. The number of sulfone groups is 1. The third-order valence-electron chi connectivity index (χ3n) is 1.43. The zero-order chi connectivity index (χ0) is 7.61. The Kier molecular flexibility index (Phi) is 2.28. The van der Waals surface area contributed by atoms with E-state index in [9.17, 15) is 8.42 Å². The van der Waals surface area contributed by atoms with Gasteiger partial charge in [-0.05, 0) is 0 Å². The molecule has 1 unspecified atom stereocenters. The van der Waals surface area contributed by atoms with Gasteiger partial charge in [-0.25, -0.2) is 13.7 Å². The van der Waals surface area contributed by atoms with Crippen LogP contribution in [0.1, 0.15) is 0 Å². The molecule has 0 aliphatic carbocycles. The molecule has 10 heavy (non-hydrogen) atoms. The Morgan fingerprint density at radius 1 is 1.60 bits per heavy atom. The van der Waals surface area contributed by atoms with Crippen LogP contribution in [0.2, 0.25) is 0 Å². The van der Waals surface area contributed by atoms with Crippen LogP contribution >= 0.6 is 0 Å². The molecular formula is C5H11N2O2S. The highest BCUT2D eigenvalue weighted by Gasteiger charge is 2.22. The van der Waals surface area contributed by atoms with Crippen LogP contribution in [0.3, 0.4) is 0 Å². The summed E-state index contributed by atoms with van der Waals surface area (Å²) >= 11 is 0. The van der Waals surface area contributed by atoms with Gasteiger partial charge in [0.2, 0.25) is 0 Å². The van der Waals surface area contributed by atoms with Crippen LogP contribution in [0.5, 0.6) is 0 Å². The number of hydrogen-bond donors (Lipinski definition) is 1. The molecule has 1 N–H and O–H groups in total. The Bertz CT molecular complexity index is 194. The Hall–Kier alpha value is -0.130. The molecule has 1 atom stereocenters. The van der Waals surface area contributed by atoms with Crippen molar-refractivity contribution in [2.24, 2.45) is 0 Å². The van der Waals surface area contributed by atoms with Crippen molar-refractivity contribution < 1.29 is 8.42 Å². The monoisotopic (exact) mass is 163 g/mol. The summed E-state index contributed by atoms with van der Waals surface area (Å²) in [5.41, 5.74) is 0. The lowest BCUT2D eigenvalue weighted by Gasteiger charge is -2.20. The summed E-state index contributed by atoms with van der Waals surface area (Å²) in [5.74, 6) is 0. The normalized spacial score (nSPS) is 28.3. The quantitative estimate of drug-likeness (QED) is 0.515. The Balaban J connectivity index is 2.56. The van der Waals surface area contributed by atoms with Crippen molar-refractivity contribution in [1.82, 2.24) is 10.6 Å².